The van der Waals surface area contributed by atoms with Gasteiger partial charge in [0.15, 0.2) is 0 Å². The molecule has 0 amide bonds. The van der Waals surface area contributed by atoms with Gasteiger partial charge in [0.05, 0.1) is 19.4 Å². The number of hydrogen-bond acceptors (Lipinski definition) is 5. The first-order valence-electron chi connectivity index (χ1n) is 7.50. The van der Waals surface area contributed by atoms with Crippen LogP contribution in [0.1, 0.15) is 27.7 Å². The molecule has 20 heavy (non-hydrogen) atoms. The molecule has 0 aliphatic carbocycles. The number of nitrogens with zero attached hydrogens (tertiary/aromatic N) is 4. The van der Waals surface area contributed by atoms with Crippen LogP contribution >= 0.6 is 0 Å². The molecule has 0 fully saturated rings. The third-order valence-electron chi connectivity index (χ3n) is 3.84. The lowest BCUT2D eigenvalue weighted by Gasteiger charge is -2.29. The summed E-state index contributed by atoms with van der Waals surface area (Å²) in [5, 5.41) is 10.2. The van der Waals surface area contributed by atoms with Gasteiger partial charge < -0.3 is 24.7 Å². The average Bonchev–Trinajstić information content (AvgIpc) is 2.98. The van der Waals surface area contributed by atoms with Crippen LogP contribution in [-0.4, -0.2) is 69.3 Å². The molecule has 0 bridgehead atoms. The maximum absolute atomic E-state index is 10.2. The number of aliphatic hydroxyl groups excluding tert-OH is 1. The summed E-state index contributed by atoms with van der Waals surface area (Å²) in [4.78, 5) is 8.88. The van der Waals surface area contributed by atoms with E-state index in [-0.39, 0.29) is 6.10 Å². The van der Waals surface area contributed by atoms with Crippen molar-refractivity contribution in [3.63, 3.8) is 0 Å². The van der Waals surface area contributed by atoms with Crippen molar-refractivity contribution in [2.24, 2.45) is 0 Å². The fraction of sp³-hybridized carbons (Fsp3) is 0.733. The minimum atomic E-state index is -0.330. The second kappa shape index (κ2) is 6.39. The van der Waals surface area contributed by atoms with Gasteiger partial charge in [0.2, 0.25) is 0 Å². The molecule has 0 aromatic heterocycles. The zero-order valence-electron chi connectivity index (χ0n) is 13.1. The molecule has 0 atom stereocenters. The number of rotatable bonds is 6. The van der Waals surface area contributed by atoms with Gasteiger partial charge in [-0.2, -0.15) is 0 Å². The van der Waals surface area contributed by atoms with Crippen molar-refractivity contribution in [1.29, 1.82) is 0 Å². The quantitative estimate of drug-likeness (QED) is 0.792. The SMILES string of the molecule is CC(C)N1C=CN(CC(O)CN2C=CN(C(C)C)C2)C1. The maximum atomic E-state index is 10.2. The Morgan fingerprint density at radius 3 is 1.50 bits per heavy atom. The number of aliphatic hydroxyl groups is 1. The Kier molecular flexibility index (Phi) is 4.81. The Morgan fingerprint density at radius 1 is 0.800 bits per heavy atom. The van der Waals surface area contributed by atoms with Gasteiger partial charge in [-0.15, -0.1) is 0 Å². The molecule has 0 unspecified atom stereocenters. The highest BCUT2D eigenvalue weighted by molar-refractivity contribution is 4.95. The molecule has 2 aliphatic heterocycles. The van der Waals surface area contributed by atoms with Gasteiger partial charge in [0.25, 0.3) is 0 Å². The topological polar surface area (TPSA) is 33.2 Å². The van der Waals surface area contributed by atoms with E-state index < -0.39 is 0 Å². The standard InChI is InChI=1S/C15H28N4O/c1-13(2)18-7-5-16(11-18)9-15(20)10-17-6-8-19(12-17)14(3)4/h5-8,13-15,20H,9-12H2,1-4H3. The predicted octanol–water partition coefficient (Wildman–Crippen LogP) is 1.26. The molecule has 114 valence electrons. The smallest absolute Gasteiger partial charge is 0.0897 e. The van der Waals surface area contributed by atoms with E-state index in [9.17, 15) is 5.11 Å². The molecular formula is C15H28N4O. The van der Waals surface area contributed by atoms with Gasteiger partial charge in [0, 0.05) is 50.0 Å². The van der Waals surface area contributed by atoms with Crippen LogP contribution in [0.3, 0.4) is 0 Å². The summed E-state index contributed by atoms with van der Waals surface area (Å²) in [5.74, 6) is 0. The molecule has 5 heteroatoms. The molecule has 0 aromatic carbocycles. The summed E-state index contributed by atoms with van der Waals surface area (Å²) in [6.07, 6.45) is 8.03. The van der Waals surface area contributed by atoms with Crippen LogP contribution < -0.4 is 0 Å². The fourth-order valence-electron chi connectivity index (χ4n) is 2.48. The molecule has 2 heterocycles. The van der Waals surface area contributed by atoms with Crippen molar-refractivity contribution in [2.45, 2.75) is 45.9 Å². The van der Waals surface area contributed by atoms with Crippen molar-refractivity contribution in [3.8, 4) is 0 Å². The highest BCUT2D eigenvalue weighted by Crippen LogP contribution is 2.13. The van der Waals surface area contributed by atoms with Crippen molar-refractivity contribution in [3.05, 3.63) is 24.8 Å². The highest BCUT2D eigenvalue weighted by atomic mass is 16.3. The maximum Gasteiger partial charge on any atom is 0.0897 e. The van der Waals surface area contributed by atoms with E-state index >= 15 is 0 Å². The zero-order valence-corrected chi connectivity index (χ0v) is 13.1. The Labute approximate surface area is 122 Å². The first-order valence-corrected chi connectivity index (χ1v) is 7.50. The van der Waals surface area contributed by atoms with Crippen molar-refractivity contribution in [2.75, 3.05) is 26.4 Å². The average molecular weight is 280 g/mol. The molecule has 2 aliphatic rings. The van der Waals surface area contributed by atoms with Crippen molar-refractivity contribution in [1.82, 2.24) is 19.6 Å². The number of hydrogen-bond donors (Lipinski definition) is 1. The Bertz CT molecular complexity index is 333. The molecule has 0 saturated carbocycles. The van der Waals surface area contributed by atoms with Crippen LogP contribution in [0.2, 0.25) is 0 Å². The summed E-state index contributed by atoms with van der Waals surface area (Å²) in [7, 11) is 0. The highest BCUT2D eigenvalue weighted by Gasteiger charge is 2.21. The van der Waals surface area contributed by atoms with Crippen LogP contribution in [0.5, 0.6) is 0 Å². The van der Waals surface area contributed by atoms with Crippen LogP contribution in [0.25, 0.3) is 0 Å². The third kappa shape index (κ3) is 3.82. The van der Waals surface area contributed by atoms with Crippen LogP contribution in [-0.2, 0) is 0 Å². The Morgan fingerprint density at radius 2 is 1.20 bits per heavy atom. The molecular weight excluding hydrogens is 252 g/mol. The van der Waals surface area contributed by atoms with E-state index in [1.807, 2.05) is 0 Å². The Balaban J connectivity index is 1.71. The monoisotopic (exact) mass is 280 g/mol. The van der Waals surface area contributed by atoms with Gasteiger partial charge in [-0.05, 0) is 27.7 Å². The summed E-state index contributed by atoms with van der Waals surface area (Å²) in [6.45, 7) is 11.8. The van der Waals surface area contributed by atoms with E-state index in [0.29, 0.717) is 25.2 Å². The third-order valence-corrected chi connectivity index (χ3v) is 3.84. The van der Waals surface area contributed by atoms with Gasteiger partial charge in [-0.3, -0.25) is 0 Å². The predicted molar refractivity (Wildman–Crippen MR) is 81.4 cm³/mol. The number of β-amino-alcohol motifs (C(OH)–C–C–N with tert-alkyl or cyclic N) is 1. The molecule has 2 rings (SSSR count). The lowest BCUT2D eigenvalue weighted by atomic mass is 10.3. The minimum absolute atomic E-state index is 0.330. The van der Waals surface area contributed by atoms with Crippen LogP contribution in [0.15, 0.2) is 24.8 Å². The zero-order chi connectivity index (χ0) is 14.7. The summed E-state index contributed by atoms with van der Waals surface area (Å²) in [6, 6.07) is 1.02. The van der Waals surface area contributed by atoms with E-state index in [1.54, 1.807) is 0 Å². The minimum Gasteiger partial charge on any atom is -0.389 e. The van der Waals surface area contributed by atoms with E-state index in [4.69, 9.17) is 0 Å². The van der Waals surface area contributed by atoms with Crippen molar-refractivity contribution < 1.29 is 5.11 Å². The van der Waals surface area contributed by atoms with Gasteiger partial charge in [0.1, 0.15) is 0 Å². The molecule has 0 aromatic rings. The van der Waals surface area contributed by atoms with Crippen LogP contribution in [0, 0.1) is 0 Å². The van der Waals surface area contributed by atoms with E-state index in [2.05, 4.69) is 72.1 Å². The van der Waals surface area contributed by atoms with Crippen LogP contribution in [0.4, 0.5) is 0 Å². The van der Waals surface area contributed by atoms with Gasteiger partial charge >= 0.3 is 0 Å². The largest absolute Gasteiger partial charge is 0.389 e. The first-order chi connectivity index (χ1) is 9.45. The lowest BCUT2D eigenvalue weighted by molar-refractivity contribution is 0.0853. The summed E-state index contributed by atoms with van der Waals surface area (Å²) < 4.78 is 0. The molecule has 5 nitrogen and oxygen atoms in total. The lowest BCUT2D eigenvalue weighted by Crippen LogP contribution is -2.40. The second-order valence-corrected chi connectivity index (χ2v) is 6.29. The van der Waals surface area contributed by atoms with Gasteiger partial charge in [-0.25, -0.2) is 0 Å². The summed E-state index contributed by atoms with van der Waals surface area (Å²) >= 11 is 0. The molecule has 0 saturated heterocycles. The van der Waals surface area contributed by atoms with Crippen molar-refractivity contribution >= 4 is 0 Å². The second-order valence-electron chi connectivity index (χ2n) is 6.29. The first kappa shape index (κ1) is 15.0. The van der Waals surface area contributed by atoms with E-state index in [1.165, 1.54) is 0 Å². The van der Waals surface area contributed by atoms with Gasteiger partial charge in [-0.1, -0.05) is 0 Å². The fourth-order valence-corrected chi connectivity index (χ4v) is 2.48. The normalized spacial score (nSPS) is 18.8. The summed E-state index contributed by atoms with van der Waals surface area (Å²) in [5.41, 5.74) is 0. The Hall–Kier alpha value is -1.36. The van der Waals surface area contributed by atoms with E-state index in [0.717, 1.165) is 13.3 Å². The molecule has 0 spiro atoms. The molecule has 0 radical (unpaired) electrons. The molecule has 1 N–H and O–H groups in total.